The summed E-state index contributed by atoms with van der Waals surface area (Å²) in [5, 5.41) is 9.08. The lowest BCUT2D eigenvalue weighted by atomic mass is 10.1. The maximum atomic E-state index is 13.6. The van der Waals surface area contributed by atoms with Crippen LogP contribution in [0.1, 0.15) is 16.8 Å². The molecule has 1 aliphatic rings. The van der Waals surface area contributed by atoms with E-state index in [4.69, 9.17) is 10.8 Å². The van der Waals surface area contributed by atoms with Crippen LogP contribution in [-0.2, 0) is 0 Å². The number of aromatic hydroxyl groups is 1. The molecule has 1 aliphatic heterocycles. The van der Waals surface area contributed by atoms with Gasteiger partial charge in [0, 0.05) is 13.1 Å². The molecule has 1 heterocycles. The van der Waals surface area contributed by atoms with E-state index in [0.717, 1.165) is 0 Å². The molecule has 1 atom stereocenters. The molecule has 104 valence electrons. The van der Waals surface area contributed by atoms with Crippen molar-refractivity contribution in [3.8, 4) is 5.75 Å². The molecular formula is C12H13F3N2O2. The predicted molar refractivity (Wildman–Crippen MR) is 61.0 cm³/mol. The molecule has 2 rings (SSSR count). The molecular weight excluding hydrogens is 261 g/mol. The molecule has 0 radical (unpaired) electrons. The van der Waals surface area contributed by atoms with Crippen molar-refractivity contribution in [2.45, 2.75) is 6.42 Å². The van der Waals surface area contributed by atoms with Crippen LogP contribution >= 0.6 is 0 Å². The number of phenols is 1. The standard InChI is InChI=1S/C12H13F3N2O2/c13-8-3-7(9(14)11(18)10(8)15)12(19)17-2-1-6(4-16)5-17/h3,6,18H,1-2,4-5,16H2. The van der Waals surface area contributed by atoms with Gasteiger partial charge in [-0.1, -0.05) is 0 Å². The molecule has 0 spiro atoms. The fourth-order valence-electron chi connectivity index (χ4n) is 2.13. The van der Waals surface area contributed by atoms with Gasteiger partial charge in [-0.25, -0.2) is 8.78 Å². The molecule has 1 saturated heterocycles. The number of halogens is 3. The Morgan fingerprint density at radius 3 is 2.68 bits per heavy atom. The molecule has 1 unspecified atom stereocenters. The minimum atomic E-state index is -1.70. The minimum absolute atomic E-state index is 0.117. The van der Waals surface area contributed by atoms with E-state index in [1.165, 1.54) is 4.90 Å². The van der Waals surface area contributed by atoms with Gasteiger partial charge >= 0.3 is 0 Å². The van der Waals surface area contributed by atoms with Gasteiger partial charge in [0.25, 0.3) is 5.91 Å². The summed E-state index contributed by atoms with van der Waals surface area (Å²) < 4.78 is 39.6. The molecule has 7 heteroatoms. The number of hydrogen-bond donors (Lipinski definition) is 2. The second-order valence-electron chi connectivity index (χ2n) is 4.52. The number of nitrogens with zero attached hydrogens (tertiary/aromatic N) is 1. The van der Waals surface area contributed by atoms with Crippen molar-refractivity contribution in [2.75, 3.05) is 19.6 Å². The van der Waals surface area contributed by atoms with Crippen molar-refractivity contribution < 1.29 is 23.1 Å². The monoisotopic (exact) mass is 274 g/mol. The van der Waals surface area contributed by atoms with Crippen molar-refractivity contribution in [3.05, 3.63) is 29.1 Å². The Labute approximate surface area is 107 Å². The molecule has 0 aromatic heterocycles. The number of phenolic OH excluding ortho intramolecular Hbond substituents is 1. The van der Waals surface area contributed by atoms with Crippen LogP contribution in [0.2, 0.25) is 0 Å². The summed E-state index contributed by atoms with van der Waals surface area (Å²) in [6, 6.07) is 0.461. The van der Waals surface area contributed by atoms with E-state index < -0.39 is 34.7 Å². The Kier molecular flexibility index (Phi) is 3.66. The summed E-state index contributed by atoms with van der Waals surface area (Å²) in [5.74, 6) is -6.74. The van der Waals surface area contributed by atoms with Crippen LogP contribution in [0.3, 0.4) is 0 Å². The van der Waals surface area contributed by atoms with E-state index in [0.29, 0.717) is 32.1 Å². The van der Waals surface area contributed by atoms with Gasteiger partial charge < -0.3 is 15.7 Å². The molecule has 1 fully saturated rings. The van der Waals surface area contributed by atoms with Crippen LogP contribution in [0.4, 0.5) is 13.2 Å². The lowest BCUT2D eigenvalue weighted by Crippen LogP contribution is -2.30. The average Bonchev–Trinajstić information content (AvgIpc) is 2.88. The average molecular weight is 274 g/mol. The van der Waals surface area contributed by atoms with E-state index >= 15 is 0 Å². The minimum Gasteiger partial charge on any atom is -0.503 e. The smallest absolute Gasteiger partial charge is 0.257 e. The second kappa shape index (κ2) is 5.08. The molecule has 0 bridgehead atoms. The van der Waals surface area contributed by atoms with Gasteiger partial charge in [0.2, 0.25) is 5.82 Å². The lowest BCUT2D eigenvalue weighted by Gasteiger charge is -2.17. The maximum absolute atomic E-state index is 13.6. The summed E-state index contributed by atoms with van der Waals surface area (Å²) in [5.41, 5.74) is 4.80. The van der Waals surface area contributed by atoms with Crippen molar-refractivity contribution in [1.82, 2.24) is 4.90 Å². The maximum Gasteiger partial charge on any atom is 0.257 e. The molecule has 3 N–H and O–H groups in total. The van der Waals surface area contributed by atoms with Crippen LogP contribution < -0.4 is 5.73 Å². The number of rotatable bonds is 2. The lowest BCUT2D eigenvalue weighted by molar-refractivity contribution is 0.0781. The number of carbonyl (C=O) groups is 1. The second-order valence-corrected chi connectivity index (χ2v) is 4.52. The van der Waals surface area contributed by atoms with E-state index in [2.05, 4.69) is 0 Å². The topological polar surface area (TPSA) is 66.6 Å². The fraction of sp³-hybridized carbons (Fsp3) is 0.417. The summed E-state index contributed by atoms with van der Waals surface area (Å²) >= 11 is 0. The Bertz CT molecular complexity index is 522. The molecule has 1 aromatic carbocycles. The van der Waals surface area contributed by atoms with E-state index in [1.54, 1.807) is 0 Å². The zero-order valence-corrected chi connectivity index (χ0v) is 10.00. The Balaban J connectivity index is 2.30. The Morgan fingerprint density at radius 1 is 1.42 bits per heavy atom. The molecule has 0 aliphatic carbocycles. The largest absolute Gasteiger partial charge is 0.503 e. The first-order chi connectivity index (χ1) is 8.95. The third-order valence-electron chi connectivity index (χ3n) is 3.27. The third-order valence-corrected chi connectivity index (χ3v) is 3.27. The highest BCUT2D eigenvalue weighted by atomic mass is 19.2. The van der Waals surface area contributed by atoms with Gasteiger partial charge in [-0.05, 0) is 24.9 Å². The quantitative estimate of drug-likeness (QED) is 0.797. The highest BCUT2D eigenvalue weighted by Crippen LogP contribution is 2.28. The Hall–Kier alpha value is -1.76. The SMILES string of the molecule is NCC1CCN(C(=O)c2cc(F)c(F)c(O)c2F)C1. The number of nitrogens with two attached hydrogens (primary N) is 1. The van der Waals surface area contributed by atoms with Gasteiger partial charge in [0.15, 0.2) is 17.4 Å². The van der Waals surface area contributed by atoms with Gasteiger partial charge in [0.1, 0.15) is 0 Å². The van der Waals surface area contributed by atoms with Gasteiger partial charge in [-0.2, -0.15) is 4.39 Å². The molecule has 19 heavy (non-hydrogen) atoms. The van der Waals surface area contributed by atoms with Gasteiger partial charge in [-0.3, -0.25) is 4.79 Å². The first-order valence-corrected chi connectivity index (χ1v) is 5.81. The fourth-order valence-corrected chi connectivity index (χ4v) is 2.13. The van der Waals surface area contributed by atoms with Crippen LogP contribution in [0.15, 0.2) is 6.07 Å². The highest BCUT2D eigenvalue weighted by molar-refractivity contribution is 5.95. The summed E-state index contributed by atoms with van der Waals surface area (Å²) in [4.78, 5) is 13.3. The van der Waals surface area contributed by atoms with Crippen molar-refractivity contribution in [2.24, 2.45) is 11.7 Å². The molecule has 1 amide bonds. The van der Waals surface area contributed by atoms with Crippen LogP contribution in [0.25, 0.3) is 0 Å². The number of hydrogen-bond acceptors (Lipinski definition) is 3. The van der Waals surface area contributed by atoms with Crippen LogP contribution in [0, 0.1) is 23.4 Å². The van der Waals surface area contributed by atoms with Crippen LogP contribution in [-0.4, -0.2) is 35.5 Å². The van der Waals surface area contributed by atoms with Crippen molar-refractivity contribution >= 4 is 5.91 Å². The number of carbonyl (C=O) groups excluding carboxylic acids is 1. The number of likely N-dealkylation sites (tertiary alicyclic amines) is 1. The number of amides is 1. The van der Waals surface area contributed by atoms with Crippen molar-refractivity contribution in [1.29, 1.82) is 0 Å². The van der Waals surface area contributed by atoms with Crippen LogP contribution in [0.5, 0.6) is 5.75 Å². The number of benzene rings is 1. The van der Waals surface area contributed by atoms with E-state index in [-0.39, 0.29) is 5.92 Å². The van der Waals surface area contributed by atoms with Gasteiger partial charge in [-0.15, -0.1) is 0 Å². The normalized spacial score (nSPS) is 18.9. The predicted octanol–water partition coefficient (Wildman–Crippen LogP) is 1.23. The molecule has 0 saturated carbocycles. The first kappa shape index (κ1) is 13.7. The van der Waals surface area contributed by atoms with Crippen molar-refractivity contribution in [3.63, 3.8) is 0 Å². The summed E-state index contributed by atoms with van der Waals surface area (Å²) in [6.07, 6.45) is 0.680. The molecule has 1 aromatic rings. The first-order valence-electron chi connectivity index (χ1n) is 5.81. The summed E-state index contributed by atoms with van der Waals surface area (Å²) in [7, 11) is 0. The molecule has 4 nitrogen and oxygen atoms in total. The summed E-state index contributed by atoms with van der Waals surface area (Å²) in [6.45, 7) is 1.11. The third kappa shape index (κ3) is 2.37. The Morgan fingerprint density at radius 2 is 2.11 bits per heavy atom. The zero-order valence-electron chi connectivity index (χ0n) is 10.00. The van der Waals surface area contributed by atoms with E-state index in [9.17, 15) is 18.0 Å². The van der Waals surface area contributed by atoms with E-state index in [1.807, 2.05) is 0 Å². The highest BCUT2D eigenvalue weighted by Gasteiger charge is 2.30. The zero-order chi connectivity index (χ0) is 14.2. The van der Waals surface area contributed by atoms with Gasteiger partial charge in [0.05, 0.1) is 5.56 Å².